The number of nitrogens with zero attached hydrogens (tertiary/aromatic N) is 4. The average Bonchev–Trinajstić information content (AvgIpc) is 3.71. The zero-order chi connectivity index (χ0) is 48.3. The van der Waals surface area contributed by atoms with E-state index in [1.165, 1.54) is 0 Å². The highest BCUT2D eigenvalue weighted by Crippen LogP contribution is 2.45. The van der Waals surface area contributed by atoms with Crippen molar-refractivity contribution in [1.29, 1.82) is 0 Å². The maximum absolute atomic E-state index is 14.0. The molecule has 3 N–H and O–H groups in total. The second kappa shape index (κ2) is 31.2. The Kier molecular flexibility index (Phi) is 25.9. The molecule has 19 heteroatoms. The van der Waals surface area contributed by atoms with Crippen LogP contribution in [0, 0.1) is 5.92 Å². The summed E-state index contributed by atoms with van der Waals surface area (Å²) >= 11 is 5.00. The highest BCUT2D eigenvalue weighted by atomic mass is 32.5. The Morgan fingerprint density at radius 2 is 1.30 bits per heavy atom. The monoisotopic (exact) mass is 972 g/mol. The Morgan fingerprint density at radius 1 is 0.687 bits per heavy atom. The van der Waals surface area contributed by atoms with Gasteiger partial charge in [-0.1, -0.05) is 80.8 Å². The number of carbonyl (C=O) groups excluding carboxylic acids is 4. The van der Waals surface area contributed by atoms with Crippen LogP contribution in [0.4, 0.5) is 5.69 Å². The maximum atomic E-state index is 14.0. The Bertz CT molecular complexity index is 2020. The quantitative estimate of drug-likeness (QED) is 0.0405. The second-order valence-electron chi connectivity index (χ2n) is 16.9. The number of carbonyl (C=O) groups is 4. The number of hydrogen-bond acceptors (Lipinski definition) is 13. The van der Waals surface area contributed by atoms with Crippen molar-refractivity contribution < 1.29 is 52.1 Å². The van der Waals surface area contributed by atoms with Gasteiger partial charge in [0, 0.05) is 62.4 Å². The fourth-order valence-electron chi connectivity index (χ4n) is 7.22. The van der Waals surface area contributed by atoms with Gasteiger partial charge in [0.1, 0.15) is 11.5 Å². The molecule has 0 saturated heterocycles. The fraction of sp³-hybridized carbons (Fsp3) is 0.625. The summed E-state index contributed by atoms with van der Waals surface area (Å²) in [5.41, 5.74) is 4.94. The van der Waals surface area contributed by atoms with Crippen molar-refractivity contribution in [3.05, 3.63) is 54.1 Å². The molecule has 17 nitrogen and oxygen atoms in total. The predicted molar refractivity (Wildman–Crippen MR) is 261 cm³/mol. The maximum Gasteiger partial charge on any atom is 0.324 e. The van der Waals surface area contributed by atoms with E-state index >= 15 is 0 Å². The van der Waals surface area contributed by atoms with Gasteiger partial charge in [0.05, 0.1) is 83.5 Å². The molecule has 3 amide bonds. The van der Waals surface area contributed by atoms with Crippen molar-refractivity contribution in [2.24, 2.45) is 5.92 Å². The van der Waals surface area contributed by atoms with E-state index in [1.807, 2.05) is 67.1 Å². The number of para-hydroxylation sites is 1. The molecule has 0 aliphatic carbocycles. The summed E-state index contributed by atoms with van der Waals surface area (Å²) in [5.74, 6) is -0.160. The molecule has 0 bridgehead atoms. The second-order valence-corrected chi connectivity index (χ2v) is 19.7. The first kappa shape index (κ1) is 55.6. The van der Waals surface area contributed by atoms with Crippen LogP contribution in [-0.2, 0) is 72.1 Å². The lowest BCUT2D eigenvalue weighted by molar-refractivity contribution is -0.125. The Labute approximate surface area is 401 Å². The average molecular weight is 973 g/mol. The minimum atomic E-state index is -3.17. The molecule has 1 atom stereocenters. The molecule has 0 fully saturated rings. The zero-order valence-corrected chi connectivity index (χ0v) is 41.6. The molecule has 4 rings (SSSR count). The van der Waals surface area contributed by atoms with Gasteiger partial charge in [-0.05, 0) is 63.0 Å². The number of nitrogens with one attached hydrogen (secondary N) is 2. The van der Waals surface area contributed by atoms with Crippen LogP contribution >= 0.6 is 6.72 Å². The van der Waals surface area contributed by atoms with E-state index in [9.17, 15) is 24.1 Å². The number of fused-ring (bicyclic) bond motifs is 5. The van der Waals surface area contributed by atoms with Crippen LogP contribution in [0.2, 0.25) is 0 Å². The van der Waals surface area contributed by atoms with Crippen LogP contribution in [-0.4, -0.2) is 122 Å². The van der Waals surface area contributed by atoms with Gasteiger partial charge < -0.3 is 48.4 Å². The third-order valence-corrected chi connectivity index (χ3v) is 12.5. The van der Waals surface area contributed by atoms with Gasteiger partial charge in [0.2, 0.25) is 17.7 Å². The summed E-state index contributed by atoms with van der Waals surface area (Å²) in [7, 11) is 0. The van der Waals surface area contributed by atoms with Gasteiger partial charge in [-0.2, -0.15) is 0 Å². The first-order chi connectivity index (χ1) is 32.4. The van der Waals surface area contributed by atoms with Crippen molar-refractivity contribution in [3.63, 3.8) is 0 Å². The van der Waals surface area contributed by atoms with E-state index in [0.717, 1.165) is 78.7 Å². The molecule has 1 aromatic heterocycles. The molecule has 1 aliphatic rings. The van der Waals surface area contributed by atoms with Crippen LogP contribution in [0.3, 0.4) is 0 Å². The highest BCUT2D eigenvalue weighted by Gasteiger charge is 2.29. The number of rotatable bonds is 35. The summed E-state index contributed by atoms with van der Waals surface area (Å²) in [6, 6.07) is 15.6. The Hall–Kier alpha value is -3.97. The van der Waals surface area contributed by atoms with Crippen LogP contribution in [0.5, 0.6) is 0 Å². The number of anilines is 1. The molecule has 0 radical (unpaired) electrons. The van der Waals surface area contributed by atoms with E-state index in [0.29, 0.717) is 98.5 Å². The number of ether oxygens (including phenoxy) is 4. The zero-order valence-electron chi connectivity index (χ0n) is 39.9. The van der Waals surface area contributed by atoms with Crippen molar-refractivity contribution in [2.45, 2.75) is 118 Å². The van der Waals surface area contributed by atoms with Crippen molar-refractivity contribution >= 4 is 47.7 Å². The smallest absolute Gasteiger partial charge is 0.324 e. The lowest BCUT2D eigenvalue weighted by Gasteiger charge is -2.28. The molecule has 372 valence electrons. The Balaban J connectivity index is 1.15. The van der Waals surface area contributed by atoms with E-state index in [2.05, 4.69) is 20.9 Å². The molecule has 67 heavy (non-hydrogen) atoms. The van der Waals surface area contributed by atoms with Gasteiger partial charge in [0.25, 0.3) is 0 Å². The van der Waals surface area contributed by atoms with E-state index in [1.54, 1.807) is 18.7 Å². The number of aromatic nitrogens is 3. The number of unbranched alkanes of at least 4 members (excludes halogenated alkanes) is 5. The lowest BCUT2D eigenvalue weighted by atomic mass is 9.95. The van der Waals surface area contributed by atoms with Crippen LogP contribution in [0.1, 0.15) is 104 Å². The summed E-state index contributed by atoms with van der Waals surface area (Å²) in [6.07, 6.45) is 6.52. The van der Waals surface area contributed by atoms with Crippen molar-refractivity contribution in [3.8, 4) is 22.5 Å². The molecule has 2 heterocycles. The molecular weight excluding hydrogens is 900 g/mol. The van der Waals surface area contributed by atoms with Crippen molar-refractivity contribution in [1.82, 2.24) is 25.6 Å². The third kappa shape index (κ3) is 21.1. The number of amides is 3. The minimum absolute atomic E-state index is 0.0218. The van der Waals surface area contributed by atoms with E-state index in [-0.39, 0.29) is 48.4 Å². The lowest BCUT2D eigenvalue weighted by Crippen LogP contribution is -2.34. The third-order valence-electron chi connectivity index (χ3n) is 10.7. The molecule has 2 aromatic carbocycles. The number of ketones is 1. The number of Topliss-reactive ketones (excluding diaryl/α,β-unsaturated/α-hetero) is 1. The first-order valence-electron chi connectivity index (χ1n) is 23.8. The first-order valence-corrected chi connectivity index (χ1v) is 26.4. The highest BCUT2D eigenvalue weighted by molar-refractivity contribution is 8.07. The van der Waals surface area contributed by atoms with Gasteiger partial charge >= 0.3 is 6.72 Å². The normalized spacial score (nSPS) is 13.1. The fourth-order valence-corrected chi connectivity index (χ4v) is 8.91. The molecule has 0 spiro atoms. The summed E-state index contributed by atoms with van der Waals surface area (Å²) < 4.78 is 34.5. The number of aryl methyl sites for hydroxylation is 1. The predicted octanol–water partition coefficient (Wildman–Crippen LogP) is 6.93. The summed E-state index contributed by atoms with van der Waals surface area (Å²) in [4.78, 5) is 62.7. The van der Waals surface area contributed by atoms with E-state index < -0.39 is 6.72 Å². The van der Waals surface area contributed by atoms with Crippen LogP contribution < -0.4 is 15.5 Å². The van der Waals surface area contributed by atoms with Gasteiger partial charge in [0.15, 0.2) is 0 Å². The Morgan fingerprint density at radius 3 is 2.01 bits per heavy atom. The molecular formula is C48H73N6O11PS. The van der Waals surface area contributed by atoms with Gasteiger partial charge in [-0.3, -0.25) is 19.2 Å². The van der Waals surface area contributed by atoms with Gasteiger partial charge in [-0.15, -0.1) is 5.10 Å². The molecule has 3 aromatic rings. The van der Waals surface area contributed by atoms with Crippen LogP contribution in [0.15, 0.2) is 48.5 Å². The number of benzene rings is 2. The van der Waals surface area contributed by atoms with E-state index in [4.69, 9.17) is 39.8 Å². The molecule has 1 unspecified atom stereocenters. The van der Waals surface area contributed by atoms with Crippen LogP contribution in [0.25, 0.3) is 22.5 Å². The standard InChI is InChI=1S/C48H73N6O11PS/c1-37(2)43(55)23-28-60-30-32-62-34-35-63-33-31-61-29-25-50-45(57)21-22-46(58)53-36-39-16-9-10-17-40(39)47-48(41-18-11-12-19-42(41)53)54(52-51-47)26-14-7-8-20-44(56)49-24-13-5-6-15-27-64-66(59,67)65-38(3)4/h9-12,16-19,37-38H,5-8,13-15,20-36H2,1-4H3,(H,49,56)(H,50,57)(H,59,67). The molecule has 0 saturated carbocycles. The number of hydrogen-bond donors (Lipinski definition) is 3. The summed E-state index contributed by atoms with van der Waals surface area (Å²) in [5, 5.41) is 15.1. The largest absolute Gasteiger partial charge is 0.379 e. The van der Waals surface area contributed by atoms with Gasteiger partial charge in [-0.25, -0.2) is 4.68 Å². The topological polar surface area (TPSA) is 202 Å². The minimum Gasteiger partial charge on any atom is -0.379 e. The van der Waals surface area contributed by atoms with Crippen molar-refractivity contribution in [2.75, 3.05) is 77.5 Å². The summed E-state index contributed by atoms with van der Waals surface area (Å²) in [6.45, 7) is 9.54. The molecule has 1 aliphatic heterocycles. The SMILES string of the molecule is CC(C)OP(O)(=S)OCCCCCCNC(=O)CCCCCn1nnc2c1-c1ccccc1N(C(=O)CCC(=O)NCCOCCOCCOCCOCCC(=O)C(C)C)Cc1ccccc1-2.